The number of alkyl halides is 3. The molecule has 0 saturated carbocycles. The second kappa shape index (κ2) is 10.5. The van der Waals surface area contributed by atoms with Crippen molar-refractivity contribution in [3.05, 3.63) is 35.9 Å². The SMILES string of the molecule is COC[C@H](N[C@H]([C@@H](O)CN[C@@H](C)C(=O)OC)C(F)(F)F)c1ccccc1. The minimum atomic E-state index is -4.70. The summed E-state index contributed by atoms with van der Waals surface area (Å²) < 4.78 is 49.9. The van der Waals surface area contributed by atoms with Gasteiger partial charge in [0.05, 0.1) is 25.9 Å². The van der Waals surface area contributed by atoms with Crippen LogP contribution in [0.4, 0.5) is 13.2 Å². The molecule has 1 aromatic rings. The van der Waals surface area contributed by atoms with E-state index in [1.165, 1.54) is 21.1 Å². The first-order valence-corrected chi connectivity index (χ1v) is 8.06. The van der Waals surface area contributed by atoms with Crippen LogP contribution >= 0.6 is 0 Å². The lowest BCUT2D eigenvalue weighted by molar-refractivity contribution is -0.180. The molecule has 0 radical (unpaired) electrons. The molecule has 0 aliphatic rings. The van der Waals surface area contributed by atoms with Gasteiger partial charge in [0.15, 0.2) is 0 Å². The summed E-state index contributed by atoms with van der Waals surface area (Å²) in [7, 11) is 2.56. The average molecular weight is 378 g/mol. The van der Waals surface area contributed by atoms with E-state index in [0.717, 1.165) is 0 Å². The number of benzene rings is 1. The van der Waals surface area contributed by atoms with Crippen LogP contribution in [0.3, 0.4) is 0 Å². The van der Waals surface area contributed by atoms with E-state index >= 15 is 0 Å². The number of hydrogen-bond acceptors (Lipinski definition) is 6. The van der Waals surface area contributed by atoms with Gasteiger partial charge in [0.2, 0.25) is 0 Å². The van der Waals surface area contributed by atoms with Gasteiger partial charge in [-0.25, -0.2) is 0 Å². The third kappa shape index (κ3) is 6.91. The molecule has 0 aliphatic heterocycles. The van der Waals surface area contributed by atoms with Gasteiger partial charge in [0.1, 0.15) is 12.1 Å². The normalized spacial score (nSPS) is 16.6. The zero-order valence-electron chi connectivity index (χ0n) is 14.9. The number of carbonyl (C=O) groups excluding carboxylic acids is 1. The first-order chi connectivity index (χ1) is 12.2. The highest BCUT2D eigenvalue weighted by Crippen LogP contribution is 2.26. The number of aliphatic hydroxyl groups excluding tert-OH is 1. The van der Waals surface area contributed by atoms with Crippen LogP contribution in [0.25, 0.3) is 0 Å². The van der Waals surface area contributed by atoms with Gasteiger partial charge in [-0.1, -0.05) is 30.3 Å². The fourth-order valence-corrected chi connectivity index (χ4v) is 2.41. The summed E-state index contributed by atoms with van der Waals surface area (Å²) in [4.78, 5) is 11.3. The van der Waals surface area contributed by atoms with E-state index in [2.05, 4.69) is 15.4 Å². The van der Waals surface area contributed by atoms with Gasteiger partial charge in [0.25, 0.3) is 0 Å². The lowest BCUT2D eigenvalue weighted by Gasteiger charge is -2.31. The quantitative estimate of drug-likeness (QED) is 0.534. The maximum absolute atomic E-state index is 13.5. The molecule has 0 heterocycles. The van der Waals surface area contributed by atoms with E-state index in [1.54, 1.807) is 30.3 Å². The van der Waals surface area contributed by atoms with Crippen LogP contribution < -0.4 is 10.6 Å². The lowest BCUT2D eigenvalue weighted by Crippen LogP contribution is -2.56. The van der Waals surface area contributed by atoms with Gasteiger partial charge in [-0.2, -0.15) is 13.2 Å². The highest BCUT2D eigenvalue weighted by Gasteiger charge is 2.45. The summed E-state index contributed by atoms with van der Waals surface area (Å²) in [5.74, 6) is -0.629. The van der Waals surface area contributed by atoms with Crippen molar-refractivity contribution in [1.82, 2.24) is 10.6 Å². The van der Waals surface area contributed by atoms with Crippen LogP contribution in [0.15, 0.2) is 30.3 Å². The molecule has 0 bridgehead atoms. The molecule has 0 fully saturated rings. The Kier molecular flexibility index (Phi) is 9.00. The summed E-state index contributed by atoms with van der Waals surface area (Å²) in [5, 5.41) is 15.0. The summed E-state index contributed by atoms with van der Waals surface area (Å²) in [5.41, 5.74) is 0.603. The fourth-order valence-electron chi connectivity index (χ4n) is 2.41. The molecular weight excluding hydrogens is 353 g/mol. The molecular formula is C17H25F3N2O4. The number of esters is 1. The Bertz CT molecular complexity index is 543. The smallest absolute Gasteiger partial charge is 0.406 e. The van der Waals surface area contributed by atoms with Gasteiger partial charge < -0.3 is 19.9 Å². The van der Waals surface area contributed by atoms with Gasteiger partial charge >= 0.3 is 12.1 Å². The van der Waals surface area contributed by atoms with Crippen LogP contribution in [-0.4, -0.2) is 62.8 Å². The second-order valence-electron chi connectivity index (χ2n) is 5.83. The van der Waals surface area contributed by atoms with Gasteiger partial charge in [-0.05, 0) is 12.5 Å². The molecule has 0 aromatic heterocycles. The van der Waals surface area contributed by atoms with Crippen LogP contribution in [0.5, 0.6) is 0 Å². The van der Waals surface area contributed by atoms with Crippen molar-refractivity contribution < 1.29 is 32.5 Å². The number of nitrogens with one attached hydrogen (secondary N) is 2. The van der Waals surface area contributed by atoms with Crippen LogP contribution in [0.2, 0.25) is 0 Å². The Hall–Kier alpha value is -1.68. The summed E-state index contributed by atoms with van der Waals surface area (Å²) in [6.45, 7) is 0.990. The van der Waals surface area contributed by atoms with Gasteiger partial charge in [-0.15, -0.1) is 0 Å². The van der Waals surface area contributed by atoms with E-state index in [0.29, 0.717) is 5.56 Å². The first-order valence-electron chi connectivity index (χ1n) is 8.06. The van der Waals surface area contributed by atoms with Crippen molar-refractivity contribution in [2.75, 3.05) is 27.4 Å². The Morgan fingerprint density at radius 3 is 2.35 bits per heavy atom. The minimum absolute atomic E-state index is 0.00466. The molecule has 148 valence electrons. The highest BCUT2D eigenvalue weighted by molar-refractivity contribution is 5.75. The number of carbonyl (C=O) groups is 1. The van der Waals surface area contributed by atoms with E-state index < -0.39 is 42.9 Å². The maximum atomic E-state index is 13.5. The van der Waals surface area contributed by atoms with Crippen molar-refractivity contribution in [3.63, 3.8) is 0 Å². The zero-order valence-corrected chi connectivity index (χ0v) is 14.9. The van der Waals surface area contributed by atoms with E-state index in [4.69, 9.17) is 4.74 Å². The Labute approximate surface area is 150 Å². The van der Waals surface area contributed by atoms with Crippen LogP contribution in [-0.2, 0) is 14.3 Å². The molecule has 0 aliphatic carbocycles. The van der Waals surface area contributed by atoms with E-state index in [9.17, 15) is 23.1 Å². The Balaban J connectivity index is 2.86. The minimum Gasteiger partial charge on any atom is -0.468 e. The van der Waals surface area contributed by atoms with Crippen molar-refractivity contribution >= 4 is 5.97 Å². The predicted molar refractivity (Wildman–Crippen MR) is 89.5 cm³/mol. The Morgan fingerprint density at radius 1 is 1.23 bits per heavy atom. The van der Waals surface area contributed by atoms with E-state index in [1.807, 2.05) is 0 Å². The standard InChI is InChI=1S/C17H25F3N2O4/c1-11(16(24)26-3)21-9-14(23)15(17(18,19)20)22-13(10-25-2)12-7-5-4-6-8-12/h4-8,11,13-15,21-23H,9-10H2,1-3H3/t11-,13-,14-,15+/m0/s1. The molecule has 3 N–H and O–H groups in total. The molecule has 1 aromatic carbocycles. The number of rotatable bonds is 10. The van der Waals surface area contributed by atoms with Crippen molar-refractivity contribution in [2.45, 2.75) is 37.3 Å². The molecule has 0 spiro atoms. The van der Waals surface area contributed by atoms with Gasteiger partial charge in [0, 0.05) is 13.7 Å². The average Bonchev–Trinajstić information content (AvgIpc) is 2.61. The summed E-state index contributed by atoms with van der Waals surface area (Å²) in [6, 6.07) is 4.70. The number of hydrogen-bond donors (Lipinski definition) is 3. The predicted octanol–water partition coefficient (Wildman–Crippen LogP) is 1.41. The molecule has 4 atom stereocenters. The summed E-state index contributed by atoms with van der Waals surface area (Å²) in [6.07, 6.45) is -6.51. The molecule has 26 heavy (non-hydrogen) atoms. The highest BCUT2D eigenvalue weighted by atomic mass is 19.4. The topological polar surface area (TPSA) is 79.8 Å². The number of halogens is 3. The van der Waals surface area contributed by atoms with Crippen molar-refractivity contribution in [3.8, 4) is 0 Å². The van der Waals surface area contributed by atoms with Crippen LogP contribution in [0, 0.1) is 0 Å². The van der Waals surface area contributed by atoms with Crippen LogP contribution in [0.1, 0.15) is 18.5 Å². The number of ether oxygens (including phenoxy) is 2. The molecule has 1 rings (SSSR count). The zero-order chi connectivity index (χ0) is 19.7. The van der Waals surface area contributed by atoms with Crippen molar-refractivity contribution in [2.24, 2.45) is 0 Å². The number of aliphatic hydroxyl groups is 1. The second-order valence-corrected chi connectivity index (χ2v) is 5.83. The molecule has 9 heteroatoms. The van der Waals surface area contributed by atoms with Crippen molar-refractivity contribution in [1.29, 1.82) is 0 Å². The van der Waals surface area contributed by atoms with E-state index in [-0.39, 0.29) is 6.61 Å². The maximum Gasteiger partial charge on any atom is 0.406 e. The van der Waals surface area contributed by atoms with Gasteiger partial charge in [-0.3, -0.25) is 10.1 Å². The molecule has 0 saturated heterocycles. The third-order valence-corrected chi connectivity index (χ3v) is 3.84. The lowest BCUT2D eigenvalue weighted by atomic mass is 10.0. The largest absolute Gasteiger partial charge is 0.468 e. The number of methoxy groups -OCH3 is 2. The molecule has 0 unspecified atom stereocenters. The third-order valence-electron chi connectivity index (χ3n) is 3.84. The molecule has 0 amide bonds. The first kappa shape index (κ1) is 22.4. The monoisotopic (exact) mass is 378 g/mol. The summed E-state index contributed by atoms with van der Waals surface area (Å²) >= 11 is 0. The fraction of sp³-hybridized carbons (Fsp3) is 0.588. The molecule has 6 nitrogen and oxygen atoms in total. The Morgan fingerprint density at radius 2 is 1.85 bits per heavy atom.